The number of benzene rings is 1. The highest BCUT2D eigenvalue weighted by atomic mass is 32.1. The SMILES string of the molecule is Cn1c(=O)n(-c2nc(C(=O)Nc3cnccc3N3CCNCC3)cs2)c2cccc(-c3cccnc3)c21. The Hall–Kier alpha value is -4.35. The highest BCUT2D eigenvalue weighted by Crippen LogP contribution is 2.30. The number of nitrogens with one attached hydrogen (secondary N) is 2. The molecule has 0 unspecified atom stereocenters. The van der Waals surface area contributed by atoms with Crippen LogP contribution < -0.4 is 21.2 Å². The smallest absolute Gasteiger partial charge is 0.335 e. The third-order valence-electron chi connectivity index (χ3n) is 6.46. The van der Waals surface area contributed by atoms with Gasteiger partial charge in [0.25, 0.3) is 5.91 Å². The van der Waals surface area contributed by atoms with Crippen LogP contribution in [0.2, 0.25) is 0 Å². The average molecular weight is 513 g/mol. The van der Waals surface area contributed by atoms with E-state index in [1.807, 2.05) is 36.4 Å². The van der Waals surface area contributed by atoms with Crippen LogP contribution in [-0.4, -0.2) is 56.2 Å². The lowest BCUT2D eigenvalue weighted by atomic mass is 10.1. The minimum atomic E-state index is -0.351. The summed E-state index contributed by atoms with van der Waals surface area (Å²) < 4.78 is 3.15. The third-order valence-corrected chi connectivity index (χ3v) is 7.29. The molecule has 0 spiro atoms. The van der Waals surface area contributed by atoms with E-state index in [-0.39, 0.29) is 17.3 Å². The van der Waals surface area contributed by atoms with E-state index >= 15 is 0 Å². The molecule has 2 N–H and O–H groups in total. The molecule has 6 rings (SSSR count). The van der Waals surface area contributed by atoms with Crippen LogP contribution in [0.25, 0.3) is 27.3 Å². The number of fused-ring (bicyclic) bond motifs is 1. The largest absolute Gasteiger partial charge is 0.367 e. The summed E-state index contributed by atoms with van der Waals surface area (Å²) in [6.07, 6.45) is 6.86. The molecule has 11 heteroatoms. The van der Waals surface area contributed by atoms with E-state index in [2.05, 4.69) is 30.5 Å². The van der Waals surface area contributed by atoms with Crippen LogP contribution in [0.4, 0.5) is 11.4 Å². The second kappa shape index (κ2) is 9.60. The lowest BCUT2D eigenvalue weighted by Gasteiger charge is -2.30. The van der Waals surface area contributed by atoms with Crippen LogP contribution in [0.1, 0.15) is 10.5 Å². The van der Waals surface area contributed by atoms with Gasteiger partial charge in [-0.3, -0.25) is 19.3 Å². The molecule has 0 bridgehead atoms. The van der Waals surface area contributed by atoms with Crippen molar-refractivity contribution < 1.29 is 4.79 Å². The van der Waals surface area contributed by atoms with Gasteiger partial charge in [0.05, 0.1) is 28.6 Å². The van der Waals surface area contributed by atoms with E-state index < -0.39 is 0 Å². The Bertz CT molecular complexity index is 1650. The molecule has 10 nitrogen and oxygen atoms in total. The number of para-hydroxylation sites is 1. The Morgan fingerprint density at radius 2 is 1.89 bits per heavy atom. The number of rotatable bonds is 5. The van der Waals surface area contributed by atoms with Gasteiger partial charge in [-0.1, -0.05) is 18.2 Å². The molecule has 0 saturated carbocycles. The summed E-state index contributed by atoms with van der Waals surface area (Å²) in [5.41, 5.74) is 4.86. The molecule has 1 aliphatic rings. The number of imidazole rings is 1. The second-order valence-electron chi connectivity index (χ2n) is 8.69. The van der Waals surface area contributed by atoms with Crippen LogP contribution in [0, 0.1) is 0 Å². The summed E-state index contributed by atoms with van der Waals surface area (Å²) in [6, 6.07) is 11.5. The quantitative estimate of drug-likeness (QED) is 0.373. The van der Waals surface area contributed by atoms with Gasteiger partial charge in [0.15, 0.2) is 5.13 Å². The number of nitrogens with zero attached hydrogens (tertiary/aromatic N) is 6. The molecular formula is C26H24N8O2S. The van der Waals surface area contributed by atoms with Crippen molar-refractivity contribution in [3.05, 3.63) is 82.7 Å². The predicted molar refractivity (Wildman–Crippen MR) is 145 cm³/mol. The summed E-state index contributed by atoms with van der Waals surface area (Å²) in [5, 5.41) is 8.39. The second-order valence-corrected chi connectivity index (χ2v) is 9.53. The number of carbonyl (C=O) groups is 1. The van der Waals surface area contributed by atoms with E-state index in [0.29, 0.717) is 16.3 Å². The van der Waals surface area contributed by atoms with E-state index in [9.17, 15) is 9.59 Å². The Morgan fingerprint density at radius 3 is 2.70 bits per heavy atom. The number of aryl methyl sites for hydroxylation is 1. The molecule has 1 aromatic carbocycles. The van der Waals surface area contributed by atoms with Gasteiger partial charge in [-0.05, 0) is 18.2 Å². The van der Waals surface area contributed by atoms with Crippen molar-refractivity contribution in [1.82, 2.24) is 29.4 Å². The van der Waals surface area contributed by atoms with Gasteiger partial charge in [0.2, 0.25) is 0 Å². The van der Waals surface area contributed by atoms with Gasteiger partial charge in [0.1, 0.15) is 5.69 Å². The number of aromatic nitrogens is 5. The zero-order valence-corrected chi connectivity index (χ0v) is 20.9. The Balaban J connectivity index is 1.34. The first-order valence-electron chi connectivity index (χ1n) is 11.9. The number of piperazine rings is 1. The molecule has 0 aliphatic carbocycles. The van der Waals surface area contributed by atoms with Crippen molar-refractivity contribution in [1.29, 1.82) is 0 Å². The van der Waals surface area contributed by atoms with Crippen LogP contribution in [0.5, 0.6) is 0 Å². The van der Waals surface area contributed by atoms with Gasteiger partial charge in [-0.25, -0.2) is 14.3 Å². The number of carbonyl (C=O) groups excluding carboxylic acids is 1. The van der Waals surface area contributed by atoms with Crippen molar-refractivity contribution in [2.75, 3.05) is 36.4 Å². The van der Waals surface area contributed by atoms with Crippen molar-refractivity contribution in [2.24, 2.45) is 7.05 Å². The number of anilines is 2. The Morgan fingerprint density at radius 1 is 1.05 bits per heavy atom. The zero-order valence-electron chi connectivity index (χ0n) is 20.1. The van der Waals surface area contributed by atoms with E-state index in [0.717, 1.165) is 48.5 Å². The first-order chi connectivity index (χ1) is 18.1. The lowest BCUT2D eigenvalue weighted by molar-refractivity contribution is 0.102. The lowest BCUT2D eigenvalue weighted by Crippen LogP contribution is -2.43. The fraction of sp³-hybridized carbons (Fsp3) is 0.192. The molecule has 4 aromatic heterocycles. The van der Waals surface area contributed by atoms with Crippen LogP contribution in [0.15, 0.2) is 71.4 Å². The fourth-order valence-electron chi connectivity index (χ4n) is 4.68. The van der Waals surface area contributed by atoms with Gasteiger partial charge in [-0.15, -0.1) is 11.3 Å². The summed E-state index contributed by atoms with van der Waals surface area (Å²) in [6.45, 7) is 3.46. The first-order valence-corrected chi connectivity index (χ1v) is 12.8. The highest BCUT2D eigenvalue weighted by Gasteiger charge is 2.21. The van der Waals surface area contributed by atoms with Crippen LogP contribution in [0.3, 0.4) is 0 Å². The molecule has 5 aromatic rings. The normalized spacial score (nSPS) is 13.7. The van der Waals surface area contributed by atoms with Crippen molar-refractivity contribution in [3.63, 3.8) is 0 Å². The predicted octanol–water partition coefficient (Wildman–Crippen LogP) is 2.90. The number of thiazole rings is 1. The first kappa shape index (κ1) is 23.1. The molecule has 1 saturated heterocycles. The van der Waals surface area contributed by atoms with Crippen molar-refractivity contribution >= 4 is 39.7 Å². The van der Waals surface area contributed by atoms with Gasteiger partial charge in [-0.2, -0.15) is 0 Å². The van der Waals surface area contributed by atoms with Gasteiger partial charge in [0, 0.05) is 68.3 Å². The number of pyridine rings is 2. The highest BCUT2D eigenvalue weighted by molar-refractivity contribution is 7.12. The Kier molecular flexibility index (Phi) is 5.99. The van der Waals surface area contributed by atoms with E-state index in [1.165, 1.54) is 11.3 Å². The fourth-order valence-corrected chi connectivity index (χ4v) is 5.49. The summed E-state index contributed by atoms with van der Waals surface area (Å²) in [4.78, 5) is 41.7. The summed E-state index contributed by atoms with van der Waals surface area (Å²) in [7, 11) is 1.74. The number of hydrogen-bond acceptors (Lipinski definition) is 8. The molecule has 5 heterocycles. The van der Waals surface area contributed by atoms with Crippen LogP contribution >= 0.6 is 11.3 Å². The Labute approximate surface area is 216 Å². The minimum Gasteiger partial charge on any atom is -0.367 e. The summed E-state index contributed by atoms with van der Waals surface area (Å²) >= 11 is 1.25. The average Bonchev–Trinajstić information content (AvgIpc) is 3.53. The van der Waals surface area contributed by atoms with Gasteiger partial charge >= 0.3 is 5.69 Å². The molecular weight excluding hydrogens is 488 g/mol. The summed E-state index contributed by atoms with van der Waals surface area (Å²) in [5.74, 6) is -0.351. The monoisotopic (exact) mass is 512 g/mol. The third kappa shape index (κ3) is 4.17. The number of hydrogen-bond donors (Lipinski definition) is 2. The maximum Gasteiger partial charge on any atom is 0.335 e. The van der Waals surface area contributed by atoms with Crippen molar-refractivity contribution in [3.8, 4) is 16.3 Å². The van der Waals surface area contributed by atoms with Crippen LogP contribution in [-0.2, 0) is 7.05 Å². The maximum absolute atomic E-state index is 13.3. The van der Waals surface area contributed by atoms with E-state index in [4.69, 9.17) is 0 Å². The minimum absolute atomic E-state index is 0.235. The molecule has 1 aliphatic heterocycles. The van der Waals surface area contributed by atoms with Gasteiger partial charge < -0.3 is 15.5 Å². The molecule has 1 amide bonds. The topological polar surface area (TPSA) is 110 Å². The number of amides is 1. The molecule has 186 valence electrons. The zero-order chi connectivity index (χ0) is 25.4. The maximum atomic E-state index is 13.3. The molecule has 1 fully saturated rings. The van der Waals surface area contributed by atoms with E-state index in [1.54, 1.807) is 46.3 Å². The standard InChI is InChI=1S/C26H24N8O2S/c1-32-23-18(17-4-3-8-28-14-17)5-2-6-22(23)34(26(32)36)25-31-20(16-37-25)24(35)30-19-15-29-9-7-21(19)33-12-10-27-11-13-33/h2-9,14-16,27H,10-13H2,1H3,(H,30,35). The molecule has 37 heavy (non-hydrogen) atoms. The molecule has 0 atom stereocenters. The van der Waals surface area contributed by atoms with Crippen molar-refractivity contribution in [2.45, 2.75) is 0 Å². The molecule has 0 radical (unpaired) electrons.